The van der Waals surface area contributed by atoms with Gasteiger partial charge in [-0.05, 0) is 37.4 Å². The number of methoxy groups -OCH3 is 1. The van der Waals surface area contributed by atoms with Gasteiger partial charge in [-0.15, -0.1) is 11.3 Å². The van der Waals surface area contributed by atoms with Gasteiger partial charge in [-0.25, -0.2) is 0 Å². The summed E-state index contributed by atoms with van der Waals surface area (Å²) in [6.45, 7) is 3.01. The lowest BCUT2D eigenvalue weighted by atomic mass is 9.97. The highest BCUT2D eigenvalue weighted by Gasteiger charge is 2.25. The van der Waals surface area contributed by atoms with E-state index in [1.165, 1.54) is 12.0 Å². The van der Waals surface area contributed by atoms with Crippen molar-refractivity contribution in [2.24, 2.45) is 5.92 Å². The summed E-state index contributed by atoms with van der Waals surface area (Å²) in [4.78, 5) is 15.2. The quantitative estimate of drug-likeness (QED) is 0.757. The summed E-state index contributed by atoms with van der Waals surface area (Å²) in [6.07, 6.45) is 1.86. The lowest BCUT2D eigenvalue weighted by Crippen LogP contribution is -2.36. The minimum Gasteiger partial charge on any atom is -0.469 e. The zero-order valence-corrected chi connectivity index (χ0v) is 10.3. The molecule has 0 aliphatic carbocycles. The molecule has 16 heavy (non-hydrogen) atoms. The van der Waals surface area contributed by atoms with Gasteiger partial charge in [-0.3, -0.25) is 9.69 Å². The fraction of sp³-hybridized carbons (Fsp3) is 0.583. The monoisotopic (exact) mass is 239 g/mol. The predicted octanol–water partition coefficient (Wildman–Crippen LogP) is 2.13. The first-order chi connectivity index (χ1) is 7.79. The summed E-state index contributed by atoms with van der Waals surface area (Å²) in [5, 5.41) is 2.11. The highest BCUT2D eigenvalue weighted by Crippen LogP contribution is 2.21. The van der Waals surface area contributed by atoms with Crippen LogP contribution in [0.5, 0.6) is 0 Å². The van der Waals surface area contributed by atoms with Gasteiger partial charge in [-0.1, -0.05) is 6.07 Å². The van der Waals surface area contributed by atoms with Crippen LogP contribution in [-0.4, -0.2) is 31.1 Å². The summed E-state index contributed by atoms with van der Waals surface area (Å²) >= 11 is 1.79. The van der Waals surface area contributed by atoms with Crippen LogP contribution < -0.4 is 0 Å². The first-order valence-corrected chi connectivity index (χ1v) is 6.50. The Hall–Kier alpha value is -0.870. The number of piperidine rings is 1. The predicted molar refractivity (Wildman–Crippen MR) is 64.3 cm³/mol. The third kappa shape index (κ3) is 2.83. The molecule has 0 amide bonds. The standard InChI is InChI=1S/C12H17NO2S/c1-15-12(14)10-4-6-13(7-5-10)9-11-3-2-8-16-11/h2-3,8,10H,4-7,9H2,1H3. The van der Waals surface area contributed by atoms with Crippen LogP contribution >= 0.6 is 11.3 Å². The molecular weight excluding hydrogens is 222 g/mol. The number of ether oxygens (including phenoxy) is 1. The van der Waals surface area contributed by atoms with Crippen molar-refractivity contribution in [3.63, 3.8) is 0 Å². The van der Waals surface area contributed by atoms with Crippen LogP contribution in [0.25, 0.3) is 0 Å². The Labute approximate surface area is 100 Å². The van der Waals surface area contributed by atoms with Crippen LogP contribution in [0.15, 0.2) is 17.5 Å². The summed E-state index contributed by atoms with van der Waals surface area (Å²) < 4.78 is 4.78. The van der Waals surface area contributed by atoms with Crippen LogP contribution in [0.1, 0.15) is 17.7 Å². The number of esters is 1. The third-order valence-corrected chi connectivity index (χ3v) is 3.94. The van der Waals surface area contributed by atoms with Crippen LogP contribution in [0.3, 0.4) is 0 Å². The molecule has 4 heteroatoms. The second kappa shape index (κ2) is 5.46. The lowest BCUT2D eigenvalue weighted by molar-refractivity contribution is -0.147. The fourth-order valence-corrected chi connectivity index (χ4v) is 2.86. The Kier molecular flexibility index (Phi) is 3.96. The molecule has 0 atom stereocenters. The minimum absolute atomic E-state index is 0.0456. The number of hydrogen-bond acceptors (Lipinski definition) is 4. The molecule has 0 radical (unpaired) electrons. The van der Waals surface area contributed by atoms with E-state index in [-0.39, 0.29) is 11.9 Å². The maximum absolute atomic E-state index is 11.4. The lowest BCUT2D eigenvalue weighted by Gasteiger charge is -2.30. The second-order valence-corrected chi connectivity index (χ2v) is 5.19. The maximum atomic E-state index is 11.4. The van der Waals surface area contributed by atoms with E-state index >= 15 is 0 Å². The highest BCUT2D eigenvalue weighted by molar-refractivity contribution is 7.09. The van der Waals surface area contributed by atoms with Crippen LogP contribution in [0.2, 0.25) is 0 Å². The van der Waals surface area contributed by atoms with E-state index in [4.69, 9.17) is 4.74 Å². The van der Waals surface area contributed by atoms with E-state index in [1.54, 1.807) is 11.3 Å². The number of hydrogen-bond donors (Lipinski definition) is 0. The van der Waals surface area contributed by atoms with Crippen molar-refractivity contribution in [1.29, 1.82) is 0 Å². The van der Waals surface area contributed by atoms with Gasteiger partial charge in [0.05, 0.1) is 13.0 Å². The zero-order valence-electron chi connectivity index (χ0n) is 9.52. The zero-order chi connectivity index (χ0) is 11.4. The molecule has 1 saturated heterocycles. The highest BCUT2D eigenvalue weighted by atomic mass is 32.1. The van der Waals surface area contributed by atoms with Gasteiger partial charge in [0.25, 0.3) is 0 Å². The number of rotatable bonds is 3. The topological polar surface area (TPSA) is 29.5 Å². The maximum Gasteiger partial charge on any atom is 0.308 e. The number of carbonyl (C=O) groups excluding carboxylic acids is 1. The van der Waals surface area contributed by atoms with Gasteiger partial charge in [-0.2, -0.15) is 0 Å². The molecular formula is C12H17NO2S. The van der Waals surface area contributed by atoms with E-state index in [1.807, 2.05) is 0 Å². The number of thiophene rings is 1. The molecule has 1 aromatic rings. The number of carbonyl (C=O) groups is 1. The molecule has 0 aromatic carbocycles. The van der Waals surface area contributed by atoms with E-state index in [0.29, 0.717) is 0 Å². The van der Waals surface area contributed by atoms with Crippen LogP contribution in [0.4, 0.5) is 0 Å². The molecule has 88 valence electrons. The Morgan fingerprint density at radius 3 is 2.88 bits per heavy atom. The summed E-state index contributed by atoms with van der Waals surface area (Å²) in [6, 6.07) is 4.25. The molecule has 0 spiro atoms. The molecule has 1 aliphatic heterocycles. The average Bonchev–Trinajstić information content (AvgIpc) is 2.82. The largest absolute Gasteiger partial charge is 0.469 e. The van der Waals surface area contributed by atoms with Crippen LogP contribution in [-0.2, 0) is 16.1 Å². The van der Waals surface area contributed by atoms with Gasteiger partial charge in [0.1, 0.15) is 0 Å². The Morgan fingerprint density at radius 1 is 1.56 bits per heavy atom. The van der Waals surface area contributed by atoms with E-state index < -0.39 is 0 Å². The number of nitrogens with zero attached hydrogens (tertiary/aromatic N) is 1. The third-order valence-electron chi connectivity index (χ3n) is 3.08. The molecule has 0 unspecified atom stereocenters. The first-order valence-electron chi connectivity index (χ1n) is 5.62. The summed E-state index contributed by atoms with van der Waals surface area (Å²) in [5.41, 5.74) is 0. The average molecular weight is 239 g/mol. The molecule has 1 aromatic heterocycles. The Bertz CT molecular complexity index is 329. The van der Waals surface area contributed by atoms with Gasteiger partial charge in [0.2, 0.25) is 0 Å². The fourth-order valence-electron chi connectivity index (χ4n) is 2.12. The van der Waals surface area contributed by atoms with E-state index in [0.717, 1.165) is 32.5 Å². The van der Waals surface area contributed by atoms with Gasteiger partial charge < -0.3 is 4.74 Å². The van der Waals surface area contributed by atoms with Gasteiger partial charge in [0.15, 0.2) is 0 Å². The molecule has 2 rings (SSSR count). The van der Waals surface area contributed by atoms with Crippen molar-refractivity contribution in [3.8, 4) is 0 Å². The SMILES string of the molecule is COC(=O)C1CCN(Cc2cccs2)CC1. The molecule has 0 saturated carbocycles. The van der Waals surface area contributed by atoms with Crippen molar-refractivity contribution in [1.82, 2.24) is 4.90 Å². The normalized spacial score (nSPS) is 18.6. The van der Waals surface area contributed by atoms with E-state index in [2.05, 4.69) is 22.4 Å². The van der Waals surface area contributed by atoms with Crippen molar-refractivity contribution in [3.05, 3.63) is 22.4 Å². The molecule has 0 N–H and O–H groups in total. The van der Waals surface area contributed by atoms with Crippen molar-refractivity contribution in [2.45, 2.75) is 19.4 Å². The van der Waals surface area contributed by atoms with Gasteiger partial charge in [0, 0.05) is 11.4 Å². The Balaban J connectivity index is 1.79. The first kappa shape index (κ1) is 11.6. The van der Waals surface area contributed by atoms with Crippen LogP contribution in [0, 0.1) is 5.92 Å². The smallest absolute Gasteiger partial charge is 0.308 e. The van der Waals surface area contributed by atoms with Crippen molar-refractivity contribution >= 4 is 17.3 Å². The van der Waals surface area contributed by atoms with Crippen molar-refractivity contribution < 1.29 is 9.53 Å². The Morgan fingerprint density at radius 2 is 2.31 bits per heavy atom. The summed E-state index contributed by atoms with van der Waals surface area (Å²) in [7, 11) is 1.47. The van der Waals surface area contributed by atoms with E-state index in [9.17, 15) is 4.79 Å². The van der Waals surface area contributed by atoms with Gasteiger partial charge >= 0.3 is 5.97 Å². The second-order valence-electron chi connectivity index (χ2n) is 4.15. The molecule has 1 fully saturated rings. The molecule has 0 bridgehead atoms. The molecule has 3 nitrogen and oxygen atoms in total. The molecule has 2 heterocycles. The molecule has 1 aliphatic rings. The number of likely N-dealkylation sites (tertiary alicyclic amines) is 1. The van der Waals surface area contributed by atoms with Crippen molar-refractivity contribution in [2.75, 3.05) is 20.2 Å². The minimum atomic E-state index is -0.0456. The summed E-state index contributed by atoms with van der Waals surface area (Å²) in [5.74, 6) is 0.0698.